The Labute approximate surface area is 186 Å². The summed E-state index contributed by atoms with van der Waals surface area (Å²) < 4.78 is 6.74. The summed E-state index contributed by atoms with van der Waals surface area (Å²) in [4.78, 5) is 0. The van der Waals surface area contributed by atoms with Crippen LogP contribution in [0.2, 0.25) is 0 Å². The summed E-state index contributed by atoms with van der Waals surface area (Å²) in [6.07, 6.45) is 31.2. The Bertz CT molecular complexity index is 260. The maximum atomic E-state index is 6.74. The quantitative estimate of drug-likeness (QED) is 0.144. The van der Waals surface area contributed by atoms with Crippen molar-refractivity contribution >= 4 is 0 Å². The van der Waals surface area contributed by atoms with E-state index in [0.29, 0.717) is 12.2 Å². The minimum absolute atomic E-state index is 0.525. The van der Waals surface area contributed by atoms with Crippen LogP contribution >= 0.6 is 0 Å². The monoisotopic (exact) mass is 410 g/mol. The minimum atomic E-state index is 0.525. The zero-order valence-electron chi connectivity index (χ0n) is 21.1. The fourth-order valence-corrected chi connectivity index (χ4v) is 4.35. The van der Waals surface area contributed by atoms with E-state index < -0.39 is 0 Å². The molecule has 1 nitrogen and oxygen atoms in total. The summed E-state index contributed by atoms with van der Waals surface area (Å²) in [5, 5.41) is 0. The van der Waals surface area contributed by atoms with Gasteiger partial charge in [0.1, 0.15) is 0 Å². The molecule has 1 heteroatoms. The van der Waals surface area contributed by atoms with Crippen LogP contribution in [0.15, 0.2) is 0 Å². The number of rotatable bonds is 24. The van der Waals surface area contributed by atoms with Crippen molar-refractivity contribution in [2.24, 2.45) is 0 Å². The zero-order valence-corrected chi connectivity index (χ0v) is 21.1. The molecule has 0 aliphatic rings. The number of ether oxygens (including phenoxy) is 1. The third-order valence-corrected chi connectivity index (χ3v) is 6.40. The van der Waals surface area contributed by atoms with Gasteiger partial charge < -0.3 is 4.74 Å². The summed E-state index contributed by atoms with van der Waals surface area (Å²) in [5.41, 5.74) is 0. The van der Waals surface area contributed by atoms with E-state index >= 15 is 0 Å². The molecule has 0 aliphatic carbocycles. The molecule has 29 heavy (non-hydrogen) atoms. The number of unbranched alkanes of at least 4 members (excludes halogenated alkanes) is 14. The smallest absolute Gasteiger partial charge is 0.0578 e. The minimum Gasteiger partial charge on any atom is -0.375 e. The topological polar surface area (TPSA) is 9.23 Å². The molecule has 0 saturated carbocycles. The van der Waals surface area contributed by atoms with Crippen LogP contribution in [0, 0.1) is 0 Å². The van der Waals surface area contributed by atoms with Gasteiger partial charge in [0.2, 0.25) is 0 Å². The molecule has 0 rings (SSSR count). The Balaban J connectivity index is 4.17. The van der Waals surface area contributed by atoms with Gasteiger partial charge in [0.05, 0.1) is 12.2 Å². The molecule has 0 spiro atoms. The lowest BCUT2D eigenvalue weighted by Crippen LogP contribution is -2.23. The molecule has 0 aromatic heterocycles. The van der Waals surface area contributed by atoms with Gasteiger partial charge in [-0.3, -0.25) is 0 Å². The van der Waals surface area contributed by atoms with E-state index in [2.05, 4.69) is 27.7 Å². The van der Waals surface area contributed by atoms with Crippen LogP contribution < -0.4 is 0 Å². The van der Waals surface area contributed by atoms with E-state index in [4.69, 9.17) is 4.74 Å². The lowest BCUT2D eigenvalue weighted by molar-refractivity contribution is -0.0321. The second-order valence-electron chi connectivity index (χ2n) is 9.48. The Hall–Kier alpha value is -0.0400. The summed E-state index contributed by atoms with van der Waals surface area (Å²) in [7, 11) is 0. The fraction of sp³-hybridized carbons (Fsp3) is 1.00. The third-order valence-electron chi connectivity index (χ3n) is 6.40. The summed E-state index contributed by atoms with van der Waals surface area (Å²) in [6.45, 7) is 9.24. The van der Waals surface area contributed by atoms with Crippen molar-refractivity contribution in [1.82, 2.24) is 0 Å². The predicted molar refractivity (Wildman–Crippen MR) is 133 cm³/mol. The lowest BCUT2D eigenvalue weighted by Gasteiger charge is -2.25. The van der Waals surface area contributed by atoms with Gasteiger partial charge in [0.25, 0.3) is 0 Å². The van der Waals surface area contributed by atoms with E-state index in [-0.39, 0.29) is 0 Å². The Kier molecular flexibility index (Phi) is 24.2. The van der Waals surface area contributed by atoms with Crippen molar-refractivity contribution in [2.45, 2.75) is 181 Å². The normalized spacial score (nSPS) is 13.7. The van der Waals surface area contributed by atoms with Crippen LogP contribution in [0.1, 0.15) is 169 Å². The van der Waals surface area contributed by atoms with E-state index in [9.17, 15) is 0 Å². The maximum Gasteiger partial charge on any atom is 0.0578 e. The standard InChI is InChI=1S/C28H58O/c1-5-9-13-15-17-19-21-25-27(23-11-7-3)29-28(24-12-8-4)26-22-20-18-16-14-10-6-2/h27-28H,5-26H2,1-4H3. The van der Waals surface area contributed by atoms with E-state index in [1.807, 2.05) is 0 Å². The van der Waals surface area contributed by atoms with Crippen molar-refractivity contribution in [2.75, 3.05) is 0 Å². The van der Waals surface area contributed by atoms with Gasteiger partial charge in [-0.25, -0.2) is 0 Å². The van der Waals surface area contributed by atoms with Crippen LogP contribution in [0.3, 0.4) is 0 Å². The lowest BCUT2D eigenvalue weighted by atomic mass is 10.0. The molecule has 0 aromatic carbocycles. The fourth-order valence-electron chi connectivity index (χ4n) is 4.35. The molecule has 0 aliphatic heterocycles. The van der Waals surface area contributed by atoms with Gasteiger partial charge in [0.15, 0.2) is 0 Å². The summed E-state index contributed by atoms with van der Waals surface area (Å²) in [5.74, 6) is 0. The predicted octanol–water partition coefficient (Wildman–Crippen LogP) is 10.4. The van der Waals surface area contributed by atoms with E-state index in [1.165, 1.54) is 141 Å². The van der Waals surface area contributed by atoms with E-state index in [0.717, 1.165) is 0 Å². The average Bonchev–Trinajstić information content (AvgIpc) is 2.73. The maximum absolute atomic E-state index is 6.74. The van der Waals surface area contributed by atoms with Crippen molar-refractivity contribution in [3.8, 4) is 0 Å². The van der Waals surface area contributed by atoms with Crippen LogP contribution in [0.5, 0.6) is 0 Å². The highest BCUT2D eigenvalue weighted by Gasteiger charge is 2.16. The summed E-state index contributed by atoms with van der Waals surface area (Å²) in [6, 6.07) is 0. The SMILES string of the molecule is CCCCCCCCCC(CCCC)OC(CCCC)CCCCCCCCC. The molecule has 0 aromatic rings. The average molecular weight is 411 g/mol. The van der Waals surface area contributed by atoms with Crippen molar-refractivity contribution in [3.05, 3.63) is 0 Å². The molecule has 0 radical (unpaired) electrons. The van der Waals surface area contributed by atoms with Gasteiger partial charge in [-0.05, 0) is 25.7 Å². The van der Waals surface area contributed by atoms with E-state index in [1.54, 1.807) is 0 Å². The van der Waals surface area contributed by atoms with Gasteiger partial charge in [-0.1, -0.05) is 143 Å². The first-order valence-corrected chi connectivity index (χ1v) is 13.9. The molecule has 0 amide bonds. The molecule has 2 atom stereocenters. The van der Waals surface area contributed by atoms with Crippen LogP contribution in [-0.4, -0.2) is 12.2 Å². The Morgan fingerprint density at radius 1 is 0.345 bits per heavy atom. The first-order valence-electron chi connectivity index (χ1n) is 13.9. The second kappa shape index (κ2) is 24.2. The first kappa shape index (κ1) is 29.0. The van der Waals surface area contributed by atoms with Crippen LogP contribution in [0.4, 0.5) is 0 Å². The highest BCUT2D eigenvalue weighted by molar-refractivity contribution is 4.66. The highest BCUT2D eigenvalue weighted by atomic mass is 16.5. The van der Waals surface area contributed by atoms with Gasteiger partial charge in [0, 0.05) is 0 Å². The number of hydrogen-bond donors (Lipinski definition) is 0. The molecule has 0 saturated heterocycles. The largest absolute Gasteiger partial charge is 0.375 e. The molecule has 0 heterocycles. The molecule has 2 unspecified atom stereocenters. The van der Waals surface area contributed by atoms with Crippen molar-refractivity contribution in [1.29, 1.82) is 0 Å². The number of hydrogen-bond acceptors (Lipinski definition) is 1. The van der Waals surface area contributed by atoms with Gasteiger partial charge in [-0.15, -0.1) is 0 Å². The molecule has 0 fully saturated rings. The molecule has 0 bridgehead atoms. The Morgan fingerprint density at radius 2 is 0.621 bits per heavy atom. The molecule has 0 N–H and O–H groups in total. The second-order valence-corrected chi connectivity index (χ2v) is 9.48. The van der Waals surface area contributed by atoms with Crippen LogP contribution in [0.25, 0.3) is 0 Å². The van der Waals surface area contributed by atoms with Crippen molar-refractivity contribution < 1.29 is 4.74 Å². The van der Waals surface area contributed by atoms with Gasteiger partial charge >= 0.3 is 0 Å². The third kappa shape index (κ3) is 21.0. The van der Waals surface area contributed by atoms with Crippen molar-refractivity contribution in [3.63, 3.8) is 0 Å². The Morgan fingerprint density at radius 3 is 0.966 bits per heavy atom. The molecular formula is C28H58O. The first-order chi connectivity index (χ1) is 14.3. The molecule has 176 valence electrons. The highest BCUT2D eigenvalue weighted by Crippen LogP contribution is 2.22. The van der Waals surface area contributed by atoms with Crippen LogP contribution in [-0.2, 0) is 4.74 Å². The van der Waals surface area contributed by atoms with Gasteiger partial charge in [-0.2, -0.15) is 0 Å². The zero-order chi connectivity index (χ0) is 21.4. The summed E-state index contributed by atoms with van der Waals surface area (Å²) >= 11 is 0. The molecular weight excluding hydrogens is 352 g/mol.